The van der Waals surface area contributed by atoms with E-state index in [9.17, 15) is 14.4 Å². The van der Waals surface area contributed by atoms with E-state index in [0.717, 1.165) is 10.4 Å². The molecule has 0 atom stereocenters. The highest BCUT2D eigenvalue weighted by Gasteiger charge is 2.23. The lowest BCUT2D eigenvalue weighted by Crippen LogP contribution is -2.22. The zero-order valence-corrected chi connectivity index (χ0v) is 19.6. The monoisotopic (exact) mass is 447 g/mol. The number of aromatic nitrogens is 3. The fraction of sp³-hybridized carbons (Fsp3) is 0.429. The topological polar surface area (TPSA) is 94.1 Å². The maximum absolute atomic E-state index is 13.0. The van der Waals surface area contributed by atoms with Gasteiger partial charge in [0, 0.05) is 22.7 Å². The van der Waals surface area contributed by atoms with E-state index < -0.39 is 5.97 Å². The molecule has 0 aromatic carbocycles. The molecule has 7 nitrogen and oxygen atoms in total. The van der Waals surface area contributed by atoms with E-state index in [4.69, 9.17) is 4.74 Å². The van der Waals surface area contributed by atoms with Crippen molar-refractivity contribution in [2.75, 3.05) is 12.4 Å². The summed E-state index contributed by atoms with van der Waals surface area (Å²) in [6.07, 6.45) is 0. The second-order valence-corrected chi connectivity index (χ2v) is 9.11. The molecular formula is C21H25N3O4S2. The van der Waals surface area contributed by atoms with E-state index in [1.165, 1.54) is 23.1 Å². The molecule has 0 radical (unpaired) electrons. The molecule has 160 valence electrons. The Balaban J connectivity index is 1.91. The zero-order chi connectivity index (χ0) is 22.2. The normalized spacial score (nSPS) is 11.3. The van der Waals surface area contributed by atoms with Crippen LogP contribution in [-0.2, 0) is 11.3 Å². The Morgan fingerprint density at radius 3 is 2.50 bits per heavy atom. The molecule has 0 saturated carbocycles. The summed E-state index contributed by atoms with van der Waals surface area (Å²) in [6, 6.07) is 0. The van der Waals surface area contributed by atoms with Crippen LogP contribution in [0.15, 0.2) is 9.95 Å². The van der Waals surface area contributed by atoms with Crippen molar-refractivity contribution >= 4 is 45.1 Å². The number of hydrogen-bond donors (Lipinski definition) is 1. The van der Waals surface area contributed by atoms with Crippen molar-refractivity contribution in [3.63, 3.8) is 0 Å². The van der Waals surface area contributed by atoms with Crippen molar-refractivity contribution < 1.29 is 14.3 Å². The molecule has 0 aliphatic carbocycles. The minimum Gasteiger partial charge on any atom is -0.461 e. The Labute approximate surface area is 182 Å². The lowest BCUT2D eigenvalue weighted by molar-refractivity contribution is 0.0519. The van der Waals surface area contributed by atoms with E-state index in [-0.39, 0.29) is 23.7 Å². The molecule has 1 N–H and O–H groups in total. The van der Waals surface area contributed by atoms with Gasteiger partial charge in [-0.05, 0) is 52.7 Å². The van der Waals surface area contributed by atoms with Gasteiger partial charge in [0.15, 0.2) is 10.9 Å². The predicted octanol–water partition coefficient (Wildman–Crippen LogP) is 4.19. The van der Waals surface area contributed by atoms with Crippen LogP contribution in [0.2, 0.25) is 0 Å². The van der Waals surface area contributed by atoms with Gasteiger partial charge >= 0.3 is 5.97 Å². The second kappa shape index (κ2) is 8.77. The summed E-state index contributed by atoms with van der Waals surface area (Å²) in [5, 5.41) is 1.19. The Morgan fingerprint density at radius 1 is 1.17 bits per heavy atom. The second-order valence-electron chi connectivity index (χ2n) is 6.96. The number of ether oxygens (including phenoxy) is 1. The molecule has 3 heterocycles. The fourth-order valence-corrected chi connectivity index (χ4v) is 5.48. The molecule has 3 aromatic heterocycles. The van der Waals surface area contributed by atoms with Gasteiger partial charge in [-0.3, -0.25) is 14.2 Å². The molecule has 3 aromatic rings. The Kier molecular flexibility index (Phi) is 6.52. The first-order chi connectivity index (χ1) is 14.2. The van der Waals surface area contributed by atoms with E-state index in [0.29, 0.717) is 44.4 Å². The van der Waals surface area contributed by atoms with Gasteiger partial charge < -0.3 is 9.72 Å². The maximum Gasteiger partial charge on any atom is 0.355 e. The smallest absolute Gasteiger partial charge is 0.355 e. The first-order valence-corrected chi connectivity index (χ1v) is 11.5. The summed E-state index contributed by atoms with van der Waals surface area (Å²) >= 11 is 2.74. The number of thiophene rings is 1. The number of ketones is 1. The number of aromatic amines is 1. The minimum atomic E-state index is -0.472. The molecule has 0 fully saturated rings. The first kappa shape index (κ1) is 22.3. The summed E-state index contributed by atoms with van der Waals surface area (Å²) in [6.45, 7) is 11.8. The van der Waals surface area contributed by atoms with Crippen LogP contribution in [0.25, 0.3) is 10.2 Å². The number of H-pyrrole nitrogens is 1. The number of aryl methyl sites for hydroxylation is 3. The molecule has 9 heteroatoms. The predicted molar refractivity (Wildman–Crippen MR) is 120 cm³/mol. The third-order valence-electron chi connectivity index (χ3n) is 5.10. The quantitative estimate of drug-likeness (QED) is 0.253. The number of esters is 1. The lowest BCUT2D eigenvalue weighted by atomic mass is 10.1. The van der Waals surface area contributed by atoms with Crippen molar-refractivity contribution in [2.45, 2.75) is 53.2 Å². The first-order valence-electron chi connectivity index (χ1n) is 9.73. The van der Waals surface area contributed by atoms with Crippen LogP contribution in [0.5, 0.6) is 0 Å². The zero-order valence-electron chi connectivity index (χ0n) is 18.0. The van der Waals surface area contributed by atoms with Gasteiger partial charge in [0.2, 0.25) is 0 Å². The van der Waals surface area contributed by atoms with Crippen molar-refractivity contribution in [2.24, 2.45) is 0 Å². The standard InChI is InChI=1S/C21H25N3O4S2/c1-7-24-19(26)16-10(3)13(6)30-18(16)23-21(24)29-9-14(25)15-11(4)17(22-12(15)5)20(27)28-8-2/h22H,7-9H2,1-6H3. The van der Waals surface area contributed by atoms with Crippen LogP contribution in [0, 0.1) is 27.7 Å². The molecular weight excluding hydrogens is 422 g/mol. The molecule has 0 aliphatic heterocycles. The number of fused-ring (bicyclic) bond motifs is 1. The third-order valence-corrected chi connectivity index (χ3v) is 7.18. The highest BCUT2D eigenvalue weighted by Crippen LogP contribution is 2.29. The molecule has 30 heavy (non-hydrogen) atoms. The van der Waals surface area contributed by atoms with Gasteiger partial charge in [0.05, 0.1) is 17.7 Å². The van der Waals surface area contributed by atoms with Gasteiger partial charge in [-0.15, -0.1) is 11.3 Å². The summed E-state index contributed by atoms with van der Waals surface area (Å²) < 4.78 is 6.66. The van der Waals surface area contributed by atoms with Crippen LogP contribution in [-0.4, -0.2) is 38.6 Å². The van der Waals surface area contributed by atoms with Crippen LogP contribution >= 0.6 is 23.1 Å². The summed E-state index contributed by atoms with van der Waals surface area (Å²) in [7, 11) is 0. The summed E-state index contributed by atoms with van der Waals surface area (Å²) in [5.41, 5.74) is 2.89. The molecule has 0 spiro atoms. The van der Waals surface area contributed by atoms with Crippen LogP contribution in [0.3, 0.4) is 0 Å². The largest absolute Gasteiger partial charge is 0.461 e. The van der Waals surface area contributed by atoms with Crippen molar-refractivity contribution in [3.8, 4) is 0 Å². The van der Waals surface area contributed by atoms with E-state index in [2.05, 4.69) is 9.97 Å². The van der Waals surface area contributed by atoms with Gasteiger partial charge in [0.25, 0.3) is 5.56 Å². The Hall–Kier alpha value is -2.39. The molecule has 0 saturated heterocycles. The number of nitrogens with one attached hydrogen (secondary N) is 1. The van der Waals surface area contributed by atoms with E-state index in [1.807, 2.05) is 20.8 Å². The number of thioether (sulfide) groups is 1. The molecule has 0 aliphatic rings. The van der Waals surface area contributed by atoms with Crippen LogP contribution in [0.4, 0.5) is 0 Å². The molecule has 0 amide bonds. The highest BCUT2D eigenvalue weighted by molar-refractivity contribution is 7.99. The average Bonchev–Trinajstić information content (AvgIpc) is 3.15. The van der Waals surface area contributed by atoms with Gasteiger partial charge in [-0.25, -0.2) is 9.78 Å². The molecule has 0 unspecified atom stereocenters. The number of hydrogen-bond acceptors (Lipinski definition) is 7. The number of nitrogens with zero attached hydrogens (tertiary/aromatic N) is 2. The van der Waals surface area contributed by atoms with Crippen molar-refractivity contribution in [3.05, 3.63) is 43.3 Å². The molecule has 0 bridgehead atoms. The average molecular weight is 448 g/mol. The Bertz CT molecular complexity index is 1200. The number of Topliss-reactive ketones (excluding diaryl/α,β-unsaturated/α-hetero) is 1. The van der Waals surface area contributed by atoms with Crippen LogP contribution < -0.4 is 5.56 Å². The van der Waals surface area contributed by atoms with Gasteiger partial charge in [-0.2, -0.15) is 0 Å². The SMILES string of the molecule is CCOC(=O)c1[nH]c(C)c(C(=O)CSc2nc3sc(C)c(C)c3c(=O)n2CC)c1C. The summed E-state index contributed by atoms with van der Waals surface area (Å²) in [4.78, 5) is 47.4. The van der Waals surface area contributed by atoms with Crippen molar-refractivity contribution in [1.82, 2.24) is 14.5 Å². The third kappa shape index (κ3) is 3.83. The number of carbonyl (C=O) groups excluding carboxylic acids is 2. The van der Waals surface area contributed by atoms with Crippen molar-refractivity contribution in [1.29, 1.82) is 0 Å². The minimum absolute atomic E-state index is 0.0714. The molecule has 3 rings (SSSR count). The fourth-order valence-electron chi connectivity index (χ4n) is 3.48. The maximum atomic E-state index is 13.0. The summed E-state index contributed by atoms with van der Waals surface area (Å²) in [5.74, 6) is -0.485. The Morgan fingerprint density at radius 2 is 1.87 bits per heavy atom. The number of carbonyl (C=O) groups is 2. The van der Waals surface area contributed by atoms with Gasteiger partial charge in [-0.1, -0.05) is 11.8 Å². The highest BCUT2D eigenvalue weighted by atomic mass is 32.2. The number of rotatable bonds is 7. The van der Waals surface area contributed by atoms with E-state index >= 15 is 0 Å². The van der Waals surface area contributed by atoms with Crippen LogP contribution in [0.1, 0.15) is 56.4 Å². The van der Waals surface area contributed by atoms with E-state index in [1.54, 1.807) is 25.3 Å². The van der Waals surface area contributed by atoms with Gasteiger partial charge in [0.1, 0.15) is 10.5 Å². The lowest BCUT2D eigenvalue weighted by Gasteiger charge is -2.10.